The molecule has 9 nitrogen and oxygen atoms in total. The van der Waals surface area contributed by atoms with Crippen molar-refractivity contribution >= 4 is 20.4 Å². The van der Waals surface area contributed by atoms with E-state index < -0.39 is 20.4 Å². The molecule has 2 unspecified atom stereocenters. The molecule has 2 aliphatic rings. The van der Waals surface area contributed by atoms with Crippen LogP contribution in [0.3, 0.4) is 0 Å². The van der Waals surface area contributed by atoms with Crippen LogP contribution in [-0.2, 0) is 25.2 Å². The highest BCUT2D eigenvalue weighted by Gasteiger charge is 2.39. The van der Waals surface area contributed by atoms with Gasteiger partial charge in [0.1, 0.15) is 0 Å². The molecule has 2 rings (SSSR count). The molecular weight excluding hydrogens is 380 g/mol. The zero-order valence-electron chi connectivity index (χ0n) is 16.2. The predicted octanol–water partition coefficient (Wildman–Crippen LogP) is -0.0653. The van der Waals surface area contributed by atoms with Crippen molar-refractivity contribution in [2.24, 2.45) is 0 Å². The standard InChI is InChI=1S/C15H32N4O5S2/c1-5-6-7-16(4)25(20,21)17-8-10-18(11-9-17)26(22,23)19-12-14(2)24-15(3)13-19/h14-15H,5-13H2,1-4H3. The number of hydrogen-bond donors (Lipinski definition) is 0. The summed E-state index contributed by atoms with van der Waals surface area (Å²) < 4.78 is 62.1. The second-order valence-electron chi connectivity index (χ2n) is 7.06. The number of nitrogens with zero attached hydrogens (tertiary/aromatic N) is 4. The first-order valence-electron chi connectivity index (χ1n) is 9.21. The summed E-state index contributed by atoms with van der Waals surface area (Å²) >= 11 is 0. The van der Waals surface area contributed by atoms with E-state index in [1.54, 1.807) is 7.05 Å². The molecule has 2 saturated heterocycles. The fourth-order valence-electron chi connectivity index (χ4n) is 3.31. The molecule has 0 saturated carbocycles. The van der Waals surface area contributed by atoms with E-state index in [1.807, 2.05) is 20.8 Å². The average Bonchev–Trinajstić information content (AvgIpc) is 2.58. The van der Waals surface area contributed by atoms with Crippen molar-refractivity contribution in [1.29, 1.82) is 0 Å². The van der Waals surface area contributed by atoms with Gasteiger partial charge in [0.05, 0.1) is 12.2 Å². The molecule has 0 N–H and O–H groups in total. The molecule has 0 aromatic rings. The van der Waals surface area contributed by atoms with Crippen molar-refractivity contribution in [3.8, 4) is 0 Å². The van der Waals surface area contributed by atoms with Crippen molar-refractivity contribution in [2.45, 2.75) is 45.8 Å². The van der Waals surface area contributed by atoms with Gasteiger partial charge in [0, 0.05) is 52.9 Å². The van der Waals surface area contributed by atoms with E-state index in [1.165, 1.54) is 17.2 Å². The zero-order valence-corrected chi connectivity index (χ0v) is 17.8. The Hall–Kier alpha value is -0.300. The molecule has 2 aliphatic heterocycles. The summed E-state index contributed by atoms with van der Waals surface area (Å²) in [6, 6.07) is 0. The first-order chi connectivity index (χ1) is 12.1. The van der Waals surface area contributed by atoms with Crippen LogP contribution in [0.5, 0.6) is 0 Å². The lowest BCUT2D eigenvalue weighted by molar-refractivity contribution is -0.0456. The van der Waals surface area contributed by atoms with E-state index in [9.17, 15) is 16.8 Å². The third kappa shape index (κ3) is 4.94. The molecule has 0 aliphatic carbocycles. The predicted molar refractivity (Wildman–Crippen MR) is 100 cm³/mol. The molecule has 11 heteroatoms. The lowest BCUT2D eigenvalue weighted by atomic mass is 10.3. The topological polar surface area (TPSA) is 90.5 Å². The van der Waals surface area contributed by atoms with Crippen molar-refractivity contribution in [2.75, 3.05) is 52.9 Å². The van der Waals surface area contributed by atoms with Crippen LogP contribution in [-0.4, -0.2) is 99.1 Å². The second-order valence-corrected chi connectivity index (χ2v) is 11.0. The van der Waals surface area contributed by atoms with Gasteiger partial charge in [-0.05, 0) is 20.3 Å². The largest absolute Gasteiger partial charge is 0.373 e. The van der Waals surface area contributed by atoms with Crippen LogP contribution >= 0.6 is 0 Å². The fraction of sp³-hybridized carbons (Fsp3) is 1.00. The van der Waals surface area contributed by atoms with E-state index in [0.29, 0.717) is 19.6 Å². The highest BCUT2D eigenvalue weighted by molar-refractivity contribution is 7.87. The van der Waals surface area contributed by atoms with Crippen molar-refractivity contribution in [1.82, 2.24) is 17.2 Å². The number of unbranched alkanes of at least 4 members (excludes halogenated alkanes) is 1. The summed E-state index contributed by atoms with van der Waals surface area (Å²) in [7, 11) is -5.56. The average molecular weight is 413 g/mol. The summed E-state index contributed by atoms with van der Waals surface area (Å²) in [6.45, 7) is 7.53. The lowest BCUT2D eigenvalue weighted by Crippen LogP contribution is -2.58. The van der Waals surface area contributed by atoms with E-state index in [0.717, 1.165) is 12.8 Å². The Bertz CT molecular complexity index is 652. The van der Waals surface area contributed by atoms with Crippen LogP contribution in [0.4, 0.5) is 0 Å². The minimum absolute atomic E-state index is 0.151. The molecule has 0 bridgehead atoms. The van der Waals surface area contributed by atoms with Gasteiger partial charge in [-0.1, -0.05) is 13.3 Å². The number of ether oxygens (including phenoxy) is 1. The SMILES string of the molecule is CCCCN(C)S(=O)(=O)N1CCN(S(=O)(=O)N2CC(C)OC(C)C2)CC1. The highest BCUT2D eigenvalue weighted by atomic mass is 32.2. The van der Waals surface area contributed by atoms with Gasteiger partial charge in [-0.2, -0.15) is 34.1 Å². The molecular formula is C15H32N4O5S2. The minimum Gasteiger partial charge on any atom is -0.373 e. The van der Waals surface area contributed by atoms with Gasteiger partial charge in [-0.3, -0.25) is 0 Å². The quantitative estimate of drug-likeness (QED) is 0.584. The van der Waals surface area contributed by atoms with Crippen LogP contribution in [0.15, 0.2) is 0 Å². The fourth-order valence-corrected chi connectivity index (χ4v) is 6.43. The molecule has 2 fully saturated rings. The summed E-state index contributed by atoms with van der Waals surface area (Å²) in [5.74, 6) is 0. The van der Waals surface area contributed by atoms with Gasteiger partial charge in [-0.25, -0.2) is 0 Å². The molecule has 0 spiro atoms. The summed E-state index contributed by atoms with van der Waals surface area (Å²) in [5, 5.41) is 0. The summed E-state index contributed by atoms with van der Waals surface area (Å²) in [6.07, 6.45) is 1.42. The molecule has 0 aromatic carbocycles. The number of piperazine rings is 1. The maximum absolute atomic E-state index is 12.9. The number of hydrogen-bond acceptors (Lipinski definition) is 5. The Kier molecular flexibility index (Phi) is 7.45. The Morgan fingerprint density at radius 1 is 0.923 bits per heavy atom. The Morgan fingerprint density at radius 2 is 1.42 bits per heavy atom. The van der Waals surface area contributed by atoms with Gasteiger partial charge < -0.3 is 4.74 Å². The molecule has 2 heterocycles. The lowest BCUT2D eigenvalue weighted by Gasteiger charge is -2.40. The van der Waals surface area contributed by atoms with Gasteiger partial charge in [0.2, 0.25) is 0 Å². The molecule has 2 atom stereocenters. The summed E-state index contributed by atoms with van der Waals surface area (Å²) in [5.41, 5.74) is 0. The monoisotopic (exact) mass is 412 g/mol. The van der Waals surface area contributed by atoms with Crippen LogP contribution < -0.4 is 0 Å². The minimum atomic E-state index is -3.60. The first kappa shape index (κ1) is 22.0. The Morgan fingerprint density at radius 3 is 1.92 bits per heavy atom. The van der Waals surface area contributed by atoms with E-state index in [-0.39, 0.29) is 38.4 Å². The summed E-state index contributed by atoms with van der Waals surface area (Å²) in [4.78, 5) is 0. The molecule has 0 radical (unpaired) electrons. The van der Waals surface area contributed by atoms with Crippen LogP contribution in [0.2, 0.25) is 0 Å². The molecule has 0 amide bonds. The Balaban J connectivity index is 1.99. The van der Waals surface area contributed by atoms with Crippen molar-refractivity contribution in [3.63, 3.8) is 0 Å². The van der Waals surface area contributed by atoms with Crippen molar-refractivity contribution in [3.05, 3.63) is 0 Å². The Labute approximate surface area is 158 Å². The molecule has 154 valence electrons. The smallest absolute Gasteiger partial charge is 0.282 e. The van der Waals surface area contributed by atoms with Crippen LogP contribution in [0.25, 0.3) is 0 Å². The highest BCUT2D eigenvalue weighted by Crippen LogP contribution is 2.20. The number of morpholine rings is 1. The third-order valence-electron chi connectivity index (χ3n) is 4.78. The van der Waals surface area contributed by atoms with Crippen LogP contribution in [0, 0.1) is 0 Å². The normalized spacial score (nSPS) is 27.9. The zero-order chi connectivity index (χ0) is 19.5. The maximum atomic E-state index is 12.9. The van der Waals surface area contributed by atoms with E-state index in [2.05, 4.69) is 0 Å². The molecule has 26 heavy (non-hydrogen) atoms. The van der Waals surface area contributed by atoms with E-state index >= 15 is 0 Å². The van der Waals surface area contributed by atoms with Gasteiger partial charge in [0.25, 0.3) is 20.4 Å². The maximum Gasteiger partial charge on any atom is 0.282 e. The van der Waals surface area contributed by atoms with Gasteiger partial charge in [-0.15, -0.1) is 0 Å². The number of rotatable bonds is 7. The van der Waals surface area contributed by atoms with Gasteiger partial charge in [0.15, 0.2) is 0 Å². The van der Waals surface area contributed by atoms with Crippen LogP contribution in [0.1, 0.15) is 33.6 Å². The third-order valence-corrected chi connectivity index (χ3v) is 8.74. The second kappa shape index (κ2) is 8.80. The van der Waals surface area contributed by atoms with Gasteiger partial charge >= 0.3 is 0 Å². The van der Waals surface area contributed by atoms with E-state index in [4.69, 9.17) is 4.74 Å². The molecule has 0 aromatic heterocycles. The first-order valence-corrected chi connectivity index (χ1v) is 12.0. The van der Waals surface area contributed by atoms with Crippen molar-refractivity contribution < 1.29 is 21.6 Å².